The molecule has 1 aromatic rings. The molecule has 0 aliphatic heterocycles. The number of ether oxygens (including phenoxy) is 1. The molecule has 0 amide bonds. The highest BCUT2D eigenvalue weighted by Crippen LogP contribution is 2.32. The van der Waals surface area contributed by atoms with Crippen molar-refractivity contribution in [2.24, 2.45) is 0 Å². The van der Waals surface area contributed by atoms with Crippen LogP contribution in [0.15, 0.2) is 6.07 Å². The Morgan fingerprint density at radius 3 is 3.00 bits per heavy atom. The molecule has 66 valence electrons. The lowest BCUT2D eigenvalue weighted by Gasteiger charge is -1.99. The minimum absolute atomic E-state index is 0.154. The zero-order valence-corrected chi connectivity index (χ0v) is 7.91. The van der Waals surface area contributed by atoms with Gasteiger partial charge in [0, 0.05) is 6.07 Å². The Balaban J connectivity index is 2.99. The topological polar surface area (TPSA) is 46.5 Å². The van der Waals surface area contributed by atoms with Gasteiger partial charge in [-0.15, -0.1) is 11.3 Å². The van der Waals surface area contributed by atoms with Gasteiger partial charge in [0.15, 0.2) is 4.88 Å². The standard InChI is InChI=1S/C7H7ClO3S/c1-2-11-4-3-5(8)12-6(4)7(9)10/h3H,2H2,1H3,(H,9,10). The quantitative estimate of drug-likeness (QED) is 0.827. The first kappa shape index (κ1) is 9.35. The van der Waals surface area contributed by atoms with Crippen LogP contribution in [0.4, 0.5) is 0 Å². The first-order chi connectivity index (χ1) is 5.65. The third-order valence-corrected chi connectivity index (χ3v) is 2.40. The molecule has 1 N–H and O–H groups in total. The van der Waals surface area contributed by atoms with Gasteiger partial charge < -0.3 is 9.84 Å². The molecular weight excluding hydrogens is 200 g/mol. The summed E-state index contributed by atoms with van der Waals surface area (Å²) in [5, 5.41) is 8.68. The monoisotopic (exact) mass is 206 g/mol. The van der Waals surface area contributed by atoms with E-state index >= 15 is 0 Å². The van der Waals surface area contributed by atoms with Gasteiger partial charge in [0.25, 0.3) is 0 Å². The van der Waals surface area contributed by atoms with Gasteiger partial charge in [-0.05, 0) is 6.92 Å². The van der Waals surface area contributed by atoms with Crippen LogP contribution in [0.3, 0.4) is 0 Å². The van der Waals surface area contributed by atoms with Crippen molar-refractivity contribution < 1.29 is 14.6 Å². The number of carboxylic acids is 1. The molecule has 1 aromatic heterocycles. The molecule has 0 aliphatic carbocycles. The number of aromatic carboxylic acids is 1. The summed E-state index contributed by atoms with van der Waals surface area (Å²) in [6.07, 6.45) is 0. The lowest BCUT2D eigenvalue weighted by atomic mass is 10.4. The van der Waals surface area contributed by atoms with Gasteiger partial charge in [0.2, 0.25) is 0 Å². The van der Waals surface area contributed by atoms with Crippen molar-refractivity contribution in [2.75, 3.05) is 6.61 Å². The summed E-state index contributed by atoms with van der Waals surface area (Å²) in [7, 11) is 0. The predicted molar refractivity (Wildman–Crippen MR) is 47.5 cm³/mol. The second kappa shape index (κ2) is 3.78. The van der Waals surface area contributed by atoms with E-state index in [4.69, 9.17) is 21.4 Å². The Morgan fingerprint density at radius 1 is 1.83 bits per heavy atom. The van der Waals surface area contributed by atoms with Crippen molar-refractivity contribution >= 4 is 28.9 Å². The Bertz CT molecular complexity index is 295. The zero-order chi connectivity index (χ0) is 9.14. The van der Waals surface area contributed by atoms with Crippen LogP contribution in [0, 0.1) is 0 Å². The fraction of sp³-hybridized carbons (Fsp3) is 0.286. The number of rotatable bonds is 3. The molecule has 1 heterocycles. The number of hydrogen-bond donors (Lipinski definition) is 1. The normalized spacial score (nSPS) is 9.83. The van der Waals surface area contributed by atoms with Crippen LogP contribution >= 0.6 is 22.9 Å². The Hall–Kier alpha value is -0.740. The number of halogens is 1. The van der Waals surface area contributed by atoms with E-state index < -0.39 is 5.97 Å². The van der Waals surface area contributed by atoms with Crippen molar-refractivity contribution in [1.29, 1.82) is 0 Å². The van der Waals surface area contributed by atoms with E-state index in [-0.39, 0.29) is 4.88 Å². The molecule has 0 radical (unpaired) electrons. The summed E-state index contributed by atoms with van der Waals surface area (Å²) in [4.78, 5) is 10.7. The molecule has 0 aliphatic rings. The second-order valence-electron chi connectivity index (χ2n) is 1.98. The highest BCUT2D eigenvalue weighted by molar-refractivity contribution is 7.18. The lowest BCUT2D eigenvalue weighted by molar-refractivity contribution is 0.0698. The molecule has 0 fully saturated rings. The van der Waals surface area contributed by atoms with Crippen LogP contribution in [-0.2, 0) is 0 Å². The van der Waals surface area contributed by atoms with Gasteiger partial charge in [-0.2, -0.15) is 0 Å². The number of carbonyl (C=O) groups is 1. The summed E-state index contributed by atoms with van der Waals surface area (Å²) in [5.74, 6) is -0.657. The van der Waals surface area contributed by atoms with Gasteiger partial charge in [0.05, 0.1) is 10.9 Å². The number of thiophene rings is 1. The fourth-order valence-corrected chi connectivity index (χ4v) is 1.75. The average molecular weight is 207 g/mol. The largest absolute Gasteiger partial charge is 0.492 e. The molecule has 0 spiro atoms. The first-order valence-corrected chi connectivity index (χ1v) is 4.50. The Labute approximate surface area is 78.5 Å². The molecule has 5 heteroatoms. The van der Waals surface area contributed by atoms with Crippen LogP contribution in [0.1, 0.15) is 16.6 Å². The van der Waals surface area contributed by atoms with Gasteiger partial charge in [0.1, 0.15) is 5.75 Å². The molecule has 1 rings (SSSR count). The van der Waals surface area contributed by atoms with Gasteiger partial charge in [-0.25, -0.2) is 4.79 Å². The van der Waals surface area contributed by atoms with Crippen LogP contribution in [0.25, 0.3) is 0 Å². The summed E-state index contributed by atoms with van der Waals surface area (Å²) in [6.45, 7) is 2.23. The van der Waals surface area contributed by atoms with Gasteiger partial charge in [-0.3, -0.25) is 0 Å². The fourth-order valence-electron chi connectivity index (χ4n) is 0.758. The number of hydrogen-bond acceptors (Lipinski definition) is 3. The average Bonchev–Trinajstić information content (AvgIpc) is 2.32. The van der Waals surface area contributed by atoms with Crippen molar-refractivity contribution in [3.05, 3.63) is 15.3 Å². The van der Waals surface area contributed by atoms with E-state index in [1.165, 1.54) is 6.07 Å². The zero-order valence-electron chi connectivity index (χ0n) is 6.33. The number of carboxylic acid groups (broad SMARTS) is 1. The van der Waals surface area contributed by atoms with Crippen molar-refractivity contribution in [3.8, 4) is 5.75 Å². The van der Waals surface area contributed by atoms with Gasteiger partial charge in [-0.1, -0.05) is 11.6 Å². The van der Waals surface area contributed by atoms with Crippen LogP contribution in [0.5, 0.6) is 5.75 Å². The highest BCUT2D eigenvalue weighted by Gasteiger charge is 2.15. The van der Waals surface area contributed by atoms with Crippen LogP contribution in [-0.4, -0.2) is 17.7 Å². The van der Waals surface area contributed by atoms with E-state index in [1.807, 2.05) is 0 Å². The molecule has 0 bridgehead atoms. The smallest absolute Gasteiger partial charge is 0.349 e. The Kier molecular flexibility index (Phi) is 2.94. The first-order valence-electron chi connectivity index (χ1n) is 3.30. The minimum Gasteiger partial charge on any atom is -0.492 e. The minimum atomic E-state index is -1.00. The summed E-state index contributed by atoms with van der Waals surface area (Å²) in [5.41, 5.74) is 0. The molecule has 12 heavy (non-hydrogen) atoms. The van der Waals surface area contributed by atoms with E-state index in [9.17, 15) is 4.79 Å². The molecule has 0 unspecified atom stereocenters. The predicted octanol–water partition coefficient (Wildman–Crippen LogP) is 2.50. The molecule has 0 atom stereocenters. The second-order valence-corrected chi connectivity index (χ2v) is 3.67. The van der Waals surface area contributed by atoms with Crippen LogP contribution in [0.2, 0.25) is 4.34 Å². The van der Waals surface area contributed by atoms with Gasteiger partial charge >= 0.3 is 5.97 Å². The summed E-state index contributed by atoms with van der Waals surface area (Å²) >= 11 is 6.62. The molecule has 0 saturated heterocycles. The van der Waals surface area contributed by atoms with Crippen LogP contribution < -0.4 is 4.74 Å². The van der Waals surface area contributed by atoms with E-state index in [0.717, 1.165) is 11.3 Å². The van der Waals surface area contributed by atoms with E-state index in [1.54, 1.807) is 6.92 Å². The maximum absolute atomic E-state index is 10.6. The SMILES string of the molecule is CCOc1cc(Cl)sc1C(=O)O. The molecular formula is C7H7ClO3S. The molecule has 0 saturated carbocycles. The lowest BCUT2D eigenvalue weighted by Crippen LogP contribution is -1.98. The Morgan fingerprint density at radius 2 is 2.50 bits per heavy atom. The van der Waals surface area contributed by atoms with Crippen molar-refractivity contribution in [1.82, 2.24) is 0 Å². The van der Waals surface area contributed by atoms with E-state index in [2.05, 4.69) is 0 Å². The maximum atomic E-state index is 10.6. The van der Waals surface area contributed by atoms with E-state index in [0.29, 0.717) is 16.7 Å². The third-order valence-electron chi connectivity index (χ3n) is 1.16. The maximum Gasteiger partial charge on any atom is 0.349 e. The summed E-state index contributed by atoms with van der Waals surface area (Å²) < 4.78 is 5.49. The molecule has 3 nitrogen and oxygen atoms in total. The highest BCUT2D eigenvalue weighted by atomic mass is 35.5. The third kappa shape index (κ3) is 1.89. The summed E-state index contributed by atoms with van der Waals surface area (Å²) in [6, 6.07) is 1.51. The molecule has 0 aromatic carbocycles. The van der Waals surface area contributed by atoms with Crippen molar-refractivity contribution in [2.45, 2.75) is 6.92 Å². The van der Waals surface area contributed by atoms with Crippen molar-refractivity contribution in [3.63, 3.8) is 0 Å².